The summed E-state index contributed by atoms with van der Waals surface area (Å²) in [5.41, 5.74) is 6.93. The van der Waals surface area contributed by atoms with Gasteiger partial charge >= 0.3 is 0 Å². The SMILES string of the molecule is CCC(C)COc1cccc([C@@H](C)N)c1. The van der Waals surface area contributed by atoms with Crippen LogP contribution in [0.15, 0.2) is 24.3 Å². The van der Waals surface area contributed by atoms with Crippen molar-refractivity contribution in [1.82, 2.24) is 0 Å². The van der Waals surface area contributed by atoms with Gasteiger partial charge in [0.15, 0.2) is 0 Å². The summed E-state index contributed by atoms with van der Waals surface area (Å²) in [6.07, 6.45) is 1.15. The predicted molar refractivity (Wildman–Crippen MR) is 64.0 cm³/mol. The van der Waals surface area contributed by atoms with Crippen molar-refractivity contribution in [3.8, 4) is 5.75 Å². The second-order valence-corrected chi connectivity index (χ2v) is 4.19. The van der Waals surface area contributed by atoms with Crippen molar-refractivity contribution >= 4 is 0 Å². The predicted octanol–water partition coefficient (Wildman–Crippen LogP) is 3.13. The normalized spacial score (nSPS) is 14.7. The highest BCUT2D eigenvalue weighted by atomic mass is 16.5. The fourth-order valence-electron chi connectivity index (χ4n) is 1.24. The molecule has 2 atom stereocenters. The molecule has 0 amide bonds. The van der Waals surface area contributed by atoms with Gasteiger partial charge in [-0.25, -0.2) is 0 Å². The number of hydrogen-bond donors (Lipinski definition) is 1. The van der Waals surface area contributed by atoms with E-state index in [2.05, 4.69) is 13.8 Å². The van der Waals surface area contributed by atoms with E-state index in [1.807, 2.05) is 31.2 Å². The van der Waals surface area contributed by atoms with Crippen molar-refractivity contribution in [3.05, 3.63) is 29.8 Å². The first-order valence-corrected chi connectivity index (χ1v) is 5.61. The zero-order valence-electron chi connectivity index (χ0n) is 9.86. The zero-order chi connectivity index (χ0) is 11.3. The average molecular weight is 207 g/mol. The highest BCUT2D eigenvalue weighted by Crippen LogP contribution is 2.18. The Balaban J connectivity index is 2.58. The minimum absolute atomic E-state index is 0.0668. The van der Waals surface area contributed by atoms with E-state index in [0.29, 0.717) is 5.92 Å². The minimum atomic E-state index is 0.0668. The van der Waals surface area contributed by atoms with E-state index in [1.165, 1.54) is 0 Å². The largest absolute Gasteiger partial charge is 0.493 e. The lowest BCUT2D eigenvalue weighted by Crippen LogP contribution is -2.08. The molecule has 84 valence electrons. The Labute approximate surface area is 92.4 Å². The fourth-order valence-corrected chi connectivity index (χ4v) is 1.24. The van der Waals surface area contributed by atoms with Crippen molar-refractivity contribution in [1.29, 1.82) is 0 Å². The summed E-state index contributed by atoms with van der Waals surface area (Å²) in [6, 6.07) is 8.09. The zero-order valence-corrected chi connectivity index (χ0v) is 9.86. The fraction of sp³-hybridized carbons (Fsp3) is 0.538. The Hall–Kier alpha value is -1.02. The van der Waals surface area contributed by atoms with Gasteiger partial charge in [0.1, 0.15) is 5.75 Å². The quantitative estimate of drug-likeness (QED) is 0.805. The molecule has 0 saturated heterocycles. The highest BCUT2D eigenvalue weighted by molar-refractivity contribution is 5.30. The van der Waals surface area contributed by atoms with Crippen molar-refractivity contribution in [3.63, 3.8) is 0 Å². The topological polar surface area (TPSA) is 35.2 Å². The first kappa shape index (κ1) is 12.1. The van der Waals surface area contributed by atoms with Crippen LogP contribution in [0, 0.1) is 5.92 Å². The third kappa shape index (κ3) is 3.92. The molecule has 1 unspecified atom stereocenters. The lowest BCUT2D eigenvalue weighted by atomic mass is 10.1. The summed E-state index contributed by atoms with van der Waals surface area (Å²) in [5.74, 6) is 1.52. The van der Waals surface area contributed by atoms with E-state index in [9.17, 15) is 0 Å². The van der Waals surface area contributed by atoms with Crippen LogP contribution in [0.4, 0.5) is 0 Å². The Morgan fingerprint density at radius 3 is 2.67 bits per heavy atom. The van der Waals surface area contributed by atoms with Gasteiger partial charge in [0.2, 0.25) is 0 Å². The standard InChI is InChI=1S/C13H21NO/c1-4-10(2)9-15-13-7-5-6-12(8-13)11(3)14/h5-8,10-11H,4,9,14H2,1-3H3/t10?,11-/m1/s1. The molecule has 0 aliphatic carbocycles. The van der Waals surface area contributed by atoms with Crippen LogP contribution in [0.5, 0.6) is 5.75 Å². The molecule has 2 N–H and O–H groups in total. The molecular weight excluding hydrogens is 186 g/mol. The van der Waals surface area contributed by atoms with Gasteiger partial charge in [0, 0.05) is 6.04 Å². The van der Waals surface area contributed by atoms with E-state index in [0.717, 1.165) is 24.3 Å². The van der Waals surface area contributed by atoms with E-state index in [-0.39, 0.29) is 6.04 Å². The molecule has 0 radical (unpaired) electrons. The second-order valence-electron chi connectivity index (χ2n) is 4.19. The maximum atomic E-state index is 5.81. The Kier molecular flexibility index (Phi) is 4.63. The number of ether oxygens (including phenoxy) is 1. The van der Waals surface area contributed by atoms with Crippen LogP contribution in [0.1, 0.15) is 38.8 Å². The van der Waals surface area contributed by atoms with E-state index in [1.54, 1.807) is 0 Å². The maximum Gasteiger partial charge on any atom is 0.119 e. The number of benzene rings is 1. The van der Waals surface area contributed by atoms with Crippen molar-refractivity contribution in [2.45, 2.75) is 33.2 Å². The molecule has 0 aliphatic rings. The Bertz CT molecular complexity index is 296. The molecule has 0 saturated carbocycles. The average Bonchev–Trinajstić information content (AvgIpc) is 2.26. The third-order valence-corrected chi connectivity index (χ3v) is 2.62. The summed E-state index contributed by atoms with van der Waals surface area (Å²) in [6.45, 7) is 7.12. The molecule has 0 bridgehead atoms. The molecule has 2 heteroatoms. The monoisotopic (exact) mass is 207 g/mol. The number of rotatable bonds is 5. The summed E-state index contributed by atoms with van der Waals surface area (Å²) >= 11 is 0. The maximum absolute atomic E-state index is 5.81. The first-order chi connectivity index (χ1) is 7.13. The van der Waals surface area contributed by atoms with E-state index >= 15 is 0 Å². The van der Waals surface area contributed by atoms with Gasteiger partial charge in [-0.1, -0.05) is 32.4 Å². The van der Waals surface area contributed by atoms with Crippen molar-refractivity contribution < 1.29 is 4.74 Å². The molecule has 0 fully saturated rings. The van der Waals surface area contributed by atoms with Gasteiger partial charge in [-0.3, -0.25) is 0 Å². The van der Waals surface area contributed by atoms with Gasteiger partial charge in [-0.2, -0.15) is 0 Å². The molecule has 1 aromatic rings. The van der Waals surface area contributed by atoms with Crippen LogP contribution in [-0.2, 0) is 0 Å². The lowest BCUT2D eigenvalue weighted by Gasteiger charge is -2.12. The van der Waals surface area contributed by atoms with Gasteiger partial charge < -0.3 is 10.5 Å². The number of nitrogens with two attached hydrogens (primary N) is 1. The molecule has 2 nitrogen and oxygen atoms in total. The molecule has 0 spiro atoms. The van der Waals surface area contributed by atoms with Crippen LogP contribution >= 0.6 is 0 Å². The summed E-state index contributed by atoms with van der Waals surface area (Å²) in [4.78, 5) is 0. The Morgan fingerprint density at radius 1 is 1.33 bits per heavy atom. The van der Waals surface area contributed by atoms with Gasteiger partial charge in [-0.15, -0.1) is 0 Å². The van der Waals surface area contributed by atoms with Crippen LogP contribution in [-0.4, -0.2) is 6.61 Å². The molecule has 15 heavy (non-hydrogen) atoms. The van der Waals surface area contributed by atoms with Gasteiger partial charge in [-0.05, 0) is 30.5 Å². The van der Waals surface area contributed by atoms with Crippen LogP contribution in [0.25, 0.3) is 0 Å². The molecule has 0 aliphatic heterocycles. The highest BCUT2D eigenvalue weighted by Gasteiger charge is 2.03. The van der Waals surface area contributed by atoms with E-state index < -0.39 is 0 Å². The van der Waals surface area contributed by atoms with Gasteiger partial charge in [0.05, 0.1) is 6.61 Å². The third-order valence-electron chi connectivity index (χ3n) is 2.62. The summed E-state index contributed by atoms with van der Waals surface area (Å²) < 4.78 is 5.69. The smallest absolute Gasteiger partial charge is 0.119 e. The molecule has 0 aromatic heterocycles. The van der Waals surface area contributed by atoms with Crippen molar-refractivity contribution in [2.75, 3.05) is 6.61 Å². The van der Waals surface area contributed by atoms with Crippen molar-refractivity contribution in [2.24, 2.45) is 11.7 Å². The van der Waals surface area contributed by atoms with Crippen LogP contribution in [0.3, 0.4) is 0 Å². The summed E-state index contributed by atoms with van der Waals surface area (Å²) in [7, 11) is 0. The van der Waals surface area contributed by atoms with Crippen LogP contribution < -0.4 is 10.5 Å². The molecule has 1 aromatic carbocycles. The second kappa shape index (κ2) is 5.76. The Morgan fingerprint density at radius 2 is 2.07 bits per heavy atom. The molecule has 1 rings (SSSR count). The van der Waals surface area contributed by atoms with E-state index in [4.69, 9.17) is 10.5 Å². The first-order valence-electron chi connectivity index (χ1n) is 5.61. The van der Waals surface area contributed by atoms with Gasteiger partial charge in [0.25, 0.3) is 0 Å². The lowest BCUT2D eigenvalue weighted by molar-refractivity contribution is 0.256. The molecular formula is C13H21NO. The minimum Gasteiger partial charge on any atom is -0.493 e. The molecule has 0 heterocycles. The summed E-state index contributed by atoms with van der Waals surface area (Å²) in [5, 5.41) is 0. The van der Waals surface area contributed by atoms with Crippen LogP contribution in [0.2, 0.25) is 0 Å². The number of hydrogen-bond acceptors (Lipinski definition) is 2.